The number of hydrogen-bond acceptors (Lipinski definition) is 3. The Hall–Kier alpha value is -1.85. The fraction of sp³-hybridized carbons (Fsp3) is 0. The molecule has 0 aromatic heterocycles. The van der Waals surface area contributed by atoms with Crippen molar-refractivity contribution in [2.45, 2.75) is 0 Å². The Balaban J connectivity index is 2.13. The molecule has 112 valence electrons. The number of aromatic hydroxyl groups is 2. The first-order valence-corrected chi connectivity index (χ1v) is 7.92. The zero-order valence-corrected chi connectivity index (χ0v) is 14.5. The third kappa shape index (κ3) is 4.08. The average molecular weight is 424 g/mol. The largest absolute Gasteiger partial charge is 0.507 e. The van der Waals surface area contributed by atoms with Gasteiger partial charge in [-0.15, -0.1) is 0 Å². The number of carbonyl (C=O) groups excluding carboxylic acids is 1. The lowest BCUT2D eigenvalue weighted by atomic mass is 10.1. The summed E-state index contributed by atoms with van der Waals surface area (Å²) in [5.41, 5.74) is 1.42. The molecule has 0 aliphatic rings. The molecule has 2 N–H and O–H groups in total. The van der Waals surface area contributed by atoms with Crippen LogP contribution in [0, 0.1) is 0 Å². The molecule has 0 fully saturated rings. The van der Waals surface area contributed by atoms with Crippen molar-refractivity contribution in [3.63, 3.8) is 0 Å². The summed E-state index contributed by atoms with van der Waals surface area (Å²) in [5.74, 6) is 0.0353. The SMILES string of the molecule is O=C(C=Cc1cccc(O)c1Br)C=Cc1cccc(O)c1Br. The smallest absolute Gasteiger partial charge is 0.178 e. The van der Waals surface area contributed by atoms with Gasteiger partial charge in [0.2, 0.25) is 0 Å². The minimum Gasteiger partial charge on any atom is -0.507 e. The molecule has 0 radical (unpaired) electrons. The highest BCUT2D eigenvalue weighted by molar-refractivity contribution is 9.11. The van der Waals surface area contributed by atoms with Crippen molar-refractivity contribution >= 4 is 49.8 Å². The summed E-state index contributed by atoms with van der Waals surface area (Å²) < 4.78 is 1.08. The van der Waals surface area contributed by atoms with Gasteiger partial charge in [0, 0.05) is 0 Å². The second kappa shape index (κ2) is 7.42. The van der Waals surface area contributed by atoms with Gasteiger partial charge in [-0.2, -0.15) is 0 Å². The molecule has 0 aliphatic heterocycles. The molecule has 0 saturated carbocycles. The summed E-state index contributed by atoms with van der Waals surface area (Å²) in [4.78, 5) is 11.9. The summed E-state index contributed by atoms with van der Waals surface area (Å²) in [6, 6.07) is 10.1. The van der Waals surface area contributed by atoms with Crippen LogP contribution in [-0.2, 0) is 4.79 Å². The Bertz CT molecular complexity index is 701. The zero-order chi connectivity index (χ0) is 16.1. The third-order valence-corrected chi connectivity index (χ3v) is 4.60. The molecule has 0 amide bonds. The maximum atomic E-state index is 11.9. The molecule has 0 heterocycles. The first-order chi connectivity index (χ1) is 10.5. The Morgan fingerprint density at radius 1 is 0.818 bits per heavy atom. The van der Waals surface area contributed by atoms with E-state index in [1.54, 1.807) is 48.6 Å². The van der Waals surface area contributed by atoms with E-state index in [1.807, 2.05) is 0 Å². The molecule has 2 rings (SSSR count). The van der Waals surface area contributed by atoms with E-state index >= 15 is 0 Å². The summed E-state index contributed by atoms with van der Waals surface area (Å²) >= 11 is 6.52. The number of ketones is 1. The van der Waals surface area contributed by atoms with Gasteiger partial charge in [-0.3, -0.25) is 4.79 Å². The molecule has 2 aromatic rings. The van der Waals surface area contributed by atoms with Gasteiger partial charge in [0.15, 0.2) is 5.78 Å². The first-order valence-electron chi connectivity index (χ1n) is 6.34. The van der Waals surface area contributed by atoms with E-state index in [0.717, 1.165) is 0 Å². The molecule has 22 heavy (non-hydrogen) atoms. The molecule has 0 unspecified atom stereocenters. The number of carbonyl (C=O) groups is 1. The lowest BCUT2D eigenvalue weighted by Gasteiger charge is -2.00. The molecule has 5 heteroatoms. The van der Waals surface area contributed by atoms with Gasteiger partial charge in [0.25, 0.3) is 0 Å². The van der Waals surface area contributed by atoms with E-state index in [-0.39, 0.29) is 17.3 Å². The number of hydrogen-bond donors (Lipinski definition) is 2. The molecule has 2 aromatic carbocycles. The molecular formula is C17H12Br2O3. The Morgan fingerprint density at radius 2 is 1.23 bits per heavy atom. The van der Waals surface area contributed by atoms with Gasteiger partial charge < -0.3 is 10.2 Å². The van der Waals surface area contributed by atoms with Crippen LogP contribution in [-0.4, -0.2) is 16.0 Å². The standard InChI is InChI=1S/C17H12Br2O3/c18-16-11(3-1-5-14(16)21)7-9-13(20)10-8-12-4-2-6-15(22)17(12)19/h1-10,21-22H. The van der Waals surface area contributed by atoms with E-state index in [0.29, 0.717) is 20.1 Å². The highest BCUT2D eigenvalue weighted by Crippen LogP contribution is 2.29. The van der Waals surface area contributed by atoms with Gasteiger partial charge in [-0.25, -0.2) is 0 Å². The Morgan fingerprint density at radius 3 is 1.64 bits per heavy atom. The molecule has 0 spiro atoms. The fourth-order valence-corrected chi connectivity index (χ4v) is 2.52. The normalized spacial score (nSPS) is 11.4. The molecule has 0 atom stereocenters. The van der Waals surface area contributed by atoms with Crippen molar-refractivity contribution < 1.29 is 15.0 Å². The number of allylic oxidation sites excluding steroid dienone is 2. The quantitative estimate of drug-likeness (QED) is 0.686. The molecule has 0 aliphatic carbocycles. The van der Waals surface area contributed by atoms with Crippen molar-refractivity contribution in [1.82, 2.24) is 0 Å². The monoisotopic (exact) mass is 422 g/mol. The highest BCUT2D eigenvalue weighted by atomic mass is 79.9. The van der Waals surface area contributed by atoms with Crippen LogP contribution in [0.15, 0.2) is 57.5 Å². The number of rotatable bonds is 4. The van der Waals surface area contributed by atoms with Crippen LogP contribution in [0.1, 0.15) is 11.1 Å². The zero-order valence-electron chi connectivity index (χ0n) is 11.3. The Kier molecular flexibility index (Phi) is 5.57. The average Bonchev–Trinajstić information content (AvgIpc) is 2.50. The van der Waals surface area contributed by atoms with Gasteiger partial charge in [0.1, 0.15) is 11.5 Å². The van der Waals surface area contributed by atoms with E-state index < -0.39 is 0 Å². The van der Waals surface area contributed by atoms with Crippen molar-refractivity contribution in [1.29, 1.82) is 0 Å². The minimum absolute atomic E-state index is 0.119. The number of benzene rings is 2. The van der Waals surface area contributed by atoms with Crippen LogP contribution in [0.5, 0.6) is 11.5 Å². The van der Waals surface area contributed by atoms with Crippen LogP contribution in [0.4, 0.5) is 0 Å². The highest BCUT2D eigenvalue weighted by Gasteiger charge is 2.03. The predicted molar refractivity (Wildman–Crippen MR) is 94.7 cm³/mol. The lowest BCUT2D eigenvalue weighted by molar-refractivity contribution is -0.110. The van der Waals surface area contributed by atoms with Gasteiger partial charge in [-0.05, 0) is 79.4 Å². The second-order valence-electron chi connectivity index (χ2n) is 4.43. The van der Waals surface area contributed by atoms with E-state index in [1.165, 1.54) is 12.2 Å². The summed E-state index contributed by atoms with van der Waals surface area (Å²) in [6.45, 7) is 0. The predicted octanol–water partition coefficient (Wildman–Crippen LogP) is 4.92. The molecule has 0 bridgehead atoms. The summed E-state index contributed by atoms with van der Waals surface area (Å²) in [7, 11) is 0. The van der Waals surface area contributed by atoms with Crippen molar-refractivity contribution in [3.8, 4) is 11.5 Å². The van der Waals surface area contributed by atoms with Crippen LogP contribution < -0.4 is 0 Å². The fourth-order valence-electron chi connectivity index (χ4n) is 1.73. The minimum atomic E-state index is -0.203. The van der Waals surface area contributed by atoms with Gasteiger partial charge in [-0.1, -0.05) is 24.3 Å². The lowest BCUT2D eigenvalue weighted by Crippen LogP contribution is -1.86. The molecule has 0 saturated heterocycles. The number of phenols is 2. The van der Waals surface area contributed by atoms with E-state index in [4.69, 9.17) is 0 Å². The Labute approximate surface area is 144 Å². The van der Waals surface area contributed by atoms with Crippen LogP contribution in [0.3, 0.4) is 0 Å². The molecule has 3 nitrogen and oxygen atoms in total. The van der Waals surface area contributed by atoms with Crippen LogP contribution in [0.25, 0.3) is 12.2 Å². The number of phenolic OH excluding ortho intramolecular Hbond substituents is 2. The van der Waals surface area contributed by atoms with E-state index in [9.17, 15) is 15.0 Å². The van der Waals surface area contributed by atoms with Crippen molar-refractivity contribution in [2.24, 2.45) is 0 Å². The van der Waals surface area contributed by atoms with Gasteiger partial charge >= 0.3 is 0 Å². The maximum Gasteiger partial charge on any atom is 0.178 e. The first kappa shape index (κ1) is 16.5. The van der Waals surface area contributed by atoms with Gasteiger partial charge in [0.05, 0.1) is 8.95 Å². The van der Waals surface area contributed by atoms with Crippen LogP contribution >= 0.6 is 31.9 Å². The third-order valence-electron chi connectivity index (χ3n) is 2.87. The van der Waals surface area contributed by atoms with E-state index in [2.05, 4.69) is 31.9 Å². The van der Waals surface area contributed by atoms with Crippen LogP contribution in [0.2, 0.25) is 0 Å². The van der Waals surface area contributed by atoms with Crippen molar-refractivity contribution in [3.05, 3.63) is 68.6 Å². The maximum absolute atomic E-state index is 11.9. The topological polar surface area (TPSA) is 57.5 Å². The second-order valence-corrected chi connectivity index (χ2v) is 6.02. The number of halogens is 2. The molecular weight excluding hydrogens is 412 g/mol. The summed E-state index contributed by atoms with van der Waals surface area (Å²) in [6.07, 6.45) is 6.06. The summed E-state index contributed by atoms with van der Waals surface area (Å²) in [5, 5.41) is 19.1. The van der Waals surface area contributed by atoms with Crippen molar-refractivity contribution in [2.75, 3.05) is 0 Å².